The van der Waals surface area contributed by atoms with Gasteiger partial charge in [0.05, 0.1) is 25.4 Å². The van der Waals surface area contributed by atoms with E-state index in [-0.39, 0.29) is 12.5 Å². The summed E-state index contributed by atoms with van der Waals surface area (Å²) < 4.78 is 11.2. The highest BCUT2D eigenvalue weighted by molar-refractivity contribution is 5.76. The Bertz CT molecular complexity index is 1170. The molecule has 1 rings (SSSR count). The summed E-state index contributed by atoms with van der Waals surface area (Å²) in [6, 6.07) is -0.818. The van der Waals surface area contributed by atoms with Gasteiger partial charge in [0, 0.05) is 6.42 Å². The van der Waals surface area contributed by atoms with E-state index in [4.69, 9.17) is 9.47 Å². The van der Waals surface area contributed by atoms with Crippen molar-refractivity contribution in [1.82, 2.24) is 5.32 Å². The molecule has 1 aliphatic rings. The molecule has 0 radical (unpaired) electrons. The van der Waals surface area contributed by atoms with E-state index in [0.717, 1.165) is 51.4 Å². The summed E-state index contributed by atoms with van der Waals surface area (Å²) in [6.07, 6.45) is 55.2. The van der Waals surface area contributed by atoms with E-state index in [2.05, 4.69) is 55.6 Å². The van der Waals surface area contributed by atoms with E-state index in [1.54, 1.807) is 6.08 Å². The molecule has 0 aromatic carbocycles. The highest BCUT2D eigenvalue weighted by Crippen LogP contribution is 2.23. The maximum atomic E-state index is 12.9. The van der Waals surface area contributed by atoms with E-state index in [1.807, 2.05) is 6.08 Å². The minimum Gasteiger partial charge on any atom is -0.394 e. The Balaban J connectivity index is 2.03. The summed E-state index contributed by atoms with van der Waals surface area (Å²) >= 11 is 0. The van der Waals surface area contributed by atoms with Crippen LogP contribution < -0.4 is 5.32 Å². The van der Waals surface area contributed by atoms with Crippen molar-refractivity contribution in [1.29, 1.82) is 0 Å². The van der Waals surface area contributed by atoms with Crippen LogP contribution in [-0.4, -0.2) is 87.5 Å². The molecule has 1 fully saturated rings. The number of carbonyl (C=O) groups is 1. The molecule has 1 heterocycles. The van der Waals surface area contributed by atoms with Gasteiger partial charge in [-0.05, 0) is 57.8 Å². The summed E-state index contributed by atoms with van der Waals surface area (Å²) in [5.41, 5.74) is 0. The fourth-order valence-corrected chi connectivity index (χ4v) is 8.66. The zero-order chi connectivity index (χ0) is 48.0. The number of carbonyl (C=O) groups excluding carboxylic acids is 1. The molecule has 1 aliphatic heterocycles. The number of hydrogen-bond donors (Lipinski definition) is 6. The van der Waals surface area contributed by atoms with Gasteiger partial charge in [0.15, 0.2) is 6.29 Å². The van der Waals surface area contributed by atoms with Crippen molar-refractivity contribution in [2.45, 2.75) is 294 Å². The molecule has 7 atom stereocenters. The lowest BCUT2D eigenvalue weighted by molar-refractivity contribution is -0.302. The lowest BCUT2D eigenvalue weighted by Gasteiger charge is -2.40. The van der Waals surface area contributed by atoms with Crippen LogP contribution in [0.2, 0.25) is 0 Å². The highest BCUT2D eigenvalue weighted by Gasteiger charge is 2.44. The molecule has 7 unspecified atom stereocenters. The molecule has 9 nitrogen and oxygen atoms in total. The van der Waals surface area contributed by atoms with Crippen LogP contribution in [0.25, 0.3) is 0 Å². The molecule has 1 saturated heterocycles. The second-order valence-electron chi connectivity index (χ2n) is 19.4. The third-order valence-electron chi connectivity index (χ3n) is 13.1. The molecule has 6 N–H and O–H groups in total. The van der Waals surface area contributed by atoms with Crippen molar-refractivity contribution >= 4 is 5.91 Å². The SMILES string of the molecule is CCCC/C=C/CC/C=C/C(O)C(COC1OC(CO)C(O)C(O)C1O)NC(=O)CCCCCCCCCCCCCCCCCCCCCCCCC/C=C\C/C=C\CCCCCCC. The quantitative estimate of drug-likeness (QED) is 0.0261. The zero-order valence-corrected chi connectivity index (χ0v) is 42.7. The normalized spacial score (nSPS) is 20.1. The van der Waals surface area contributed by atoms with Crippen molar-refractivity contribution < 1.29 is 39.8 Å². The van der Waals surface area contributed by atoms with Gasteiger partial charge >= 0.3 is 0 Å². The molecule has 9 heteroatoms. The van der Waals surface area contributed by atoms with Crippen molar-refractivity contribution in [2.75, 3.05) is 13.2 Å². The third kappa shape index (κ3) is 36.2. The van der Waals surface area contributed by atoms with Crippen LogP contribution in [0, 0.1) is 0 Å². The Morgan fingerprint density at radius 3 is 1.41 bits per heavy atom. The number of amides is 1. The minimum absolute atomic E-state index is 0.188. The van der Waals surface area contributed by atoms with Crippen LogP contribution >= 0.6 is 0 Å². The monoisotopic (exact) mass is 932 g/mol. The molecule has 386 valence electrons. The van der Waals surface area contributed by atoms with Crippen molar-refractivity contribution in [3.8, 4) is 0 Å². The van der Waals surface area contributed by atoms with E-state index >= 15 is 0 Å². The van der Waals surface area contributed by atoms with Gasteiger partial charge in [-0.1, -0.05) is 236 Å². The number of unbranched alkanes of at least 4 members (excludes halogenated alkanes) is 31. The Morgan fingerprint density at radius 1 is 0.515 bits per heavy atom. The van der Waals surface area contributed by atoms with E-state index < -0.39 is 49.5 Å². The zero-order valence-electron chi connectivity index (χ0n) is 42.7. The number of nitrogens with one attached hydrogen (secondary N) is 1. The standard InChI is InChI=1S/C57H105NO8/c1-3-5-7-9-11-13-14-15-16-17-18-19-20-21-22-23-24-25-26-27-28-29-30-31-32-33-34-35-36-37-38-39-41-43-45-47-53(61)58-50(51(60)46-44-42-40-12-10-8-6-4-2)49-65-57-56(64)55(63)54(62)52(48-59)66-57/h10,12,14-15,17-18,44,46,50-52,54-57,59-60,62-64H,3-9,11,13,16,19-43,45,47-49H2,1-2H3,(H,58,61)/b12-10+,15-14-,18-17-,46-44+. The smallest absolute Gasteiger partial charge is 0.220 e. The van der Waals surface area contributed by atoms with Gasteiger partial charge in [-0.2, -0.15) is 0 Å². The highest BCUT2D eigenvalue weighted by atomic mass is 16.7. The van der Waals surface area contributed by atoms with Crippen LogP contribution in [0.4, 0.5) is 0 Å². The van der Waals surface area contributed by atoms with Crippen molar-refractivity contribution in [3.63, 3.8) is 0 Å². The second kappa shape index (κ2) is 46.9. The van der Waals surface area contributed by atoms with Crippen LogP contribution in [0.5, 0.6) is 0 Å². The van der Waals surface area contributed by atoms with Gasteiger partial charge in [0.1, 0.15) is 24.4 Å². The number of allylic oxidation sites excluding steroid dienone is 7. The lowest BCUT2D eigenvalue weighted by atomic mass is 9.99. The van der Waals surface area contributed by atoms with E-state index in [9.17, 15) is 30.3 Å². The predicted octanol–water partition coefficient (Wildman–Crippen LogP) is 13.3. The number of ether oxygens (including phenoxy) is 2. The molecule has 0 aliphatic carbocycles. The first-order valence-electron chi connectivity index (χ1n) is 27.9. The number of aliphatic hydroxyl groups is 5. The van der Waals surface area contributed by atoms with Gasteiger partial charge in [-0.15, -0.1) is 0 Å². The molecule has 0 spiro atoms. The maximum Gasteiger partial charge on any atom is 0.220 e. The Morgan fingerprint density at radius 2 is 0.924 bits per heavy atom. The molecular formula is C57H105NO8. The van der Waals surface area contributed by atoms with Crippen molar-refractivity contribution in [3.05, 3.63) is 48.6 Å². The molecule has 66 heavy (non-hydrogen) atoms. The topological polar surface area (TPSA) is 149 Å². The predicted molar refractivity (Wildman–Crippen MR) is 276 cm³/mol. The van der Waals surface area contributed by atoms with Crippen molar-refractivity contribution in [2.24, 2.45) is 0 Å². The molecular weight excluding hydrogens is 827 g/mol. The minimum atomic E-state index is -1.57. The average Bonchev–Trinajstić information content (AvgIpc) is 3.32. The Hall–Kier alpha value is -1.85. The van der Waals surface area contributed by atoms with Gasteiger partial charge in [0.2, 0.25) is 5.91 Å². The molecule has 0 bridgehead atoms. The maximum absolute atomic E-state index is 12.9. The summed E-state index contributed by atoms with van der Waals surface area (Å²) in [5, 5.41) is 54.0. The molecule has 0 aromatic heterocycles. The molecule has 0 saturated carbocycles. The van der Waals surface area contributed by atoms with Crippen LogP contribution in [-0.2, 0) is 14.3 Å². The fourth-order valence-electron chi connectivity index (χ4n) is 8.66. The number of rotatable bonds is 47. The summed E-state index contributed by atoms with van der Waals surface area (Å²) in [4.78, 5) is 12.9. The average molecular weight is 932 g/mol. The van der Waals surface area contributed by atoms with Crippen LogP contribution in [0.1, 0.15) is 251 Å². The first kappa shape index (κ1) is 62.2. The summed E-state index contributed by atoms with van der Waals surface area (Å²) in [5.74, 6) is -0.188. The molecule has 0 aromatic rings. The van der Waals surface area contributed by atoms with Gasteiger partial charge < -0.3 is 40.3 Å². The van der Waals surface area contributed by atoms with Gasteiger partial charge in [-0.25, -0.2) is 0 Å². The molecule has 1 amide bonds. The number of aliphatic hydroxyl groups excluding tert-OH is 5. The fraction of sp³-hybridized carbons (Fsp3) is 0.842. The summed E-state index contributed by atoms with van der Waals surface area (Å²) in [6.45, 7) is 3.68. The Kier molecular flexibility index (Phi) is 44.1. The lowest BCUT2D eigenvalue weighted by Crippen LogP contribution is -2.60. The van der Waals surface area contributed by atoms with Crippen LogP contribution in [0.15, 0.2) is 48.6 Å². The second-order valence-corrected chi connectivity index (χ2v) is 19.4. The first-order valence-corrected chi connectivity index (χ1v) is 27.9. The van der Waals surface area contributed by atoms with E-state index in [1.165, 1.54) is 180 Å². The largest absolute Gasteiger partial charge is 0.394 e. The third-order valence-corrected chi connectivity index (χ3v) is 13.1. The Labute approximate surface area is 405 Å². The van der Waals surface area contributed by atoms with Gasteiger partial charge in [-0.3, -0.25) is 4.79 Å². The van der Waals surface area contributed by atoms with Crippen LogP contribution in [0.3, 0.4) is 0 Å². The van der Waals surface area contributed by atoms with E-state index in [0.29, 0.717) is 6.42 Å². The first-order chi connectivity index (χ1) is 32.3. The van der Waals surface area contributed by atoms with Gasteiger partial charge in [0.25, 0.3) is 0 Å². The summed E-state index contributed by atoms with van der Waals surface area (Å²) in [7, 11) is 0. The number of hydrogen-bond acceptors (Lipinski definition) is 8.